The molecule has 4 nitrogen and oxygen atoms in total. The maximum absolute atomic E-state index is 13.0. The van der Waals surface area contributed by atoms with Crippen LogP contribution in [0, 0.1) is 5.92 Å². The Hall–Kier alpha value is -1.12. The number of nitrogens with one attached hydrogen (secondary N) is 1. The van der Waals surface area contributed by atoms with Gasteiger partial charge in [-0.25, -0.2) is 13.1 Å². The molecule has 1 aromatic carbocycles. The van der Waals surface area contributed by atoms with Gasteiger partial charge in [0.2, 0.25) is 10.0 Å². The molecule has 0 aliphatic carbocycles. The molecule has 1 saturated heterocycles. The van der Waals surface area contributed by atoms with Crippen LogP contribution in [0.2, 0.25) is 0 Å². The molecule has 1 aromatic rings. The molecule has 0 amide bonds. The Balaban J connectivity index is 2.07. The highest BCUT2D eigenvalue weighted by Gasteiger charge is 2.37. The maximum atomic E-state index is 13.0. The number of nitrogens with zero attached hydrogens (tertiary/aromatic N) is 1. The zero-order valence-corrected chi connectivity index (χ0v) is 14.6. The van der Waals surface area contributed by atoms with Gasteiger partial charge in [-0.1, -0.05) is 19.1 Å². The van der Waals surface area contributed by atoms with Crippen LogP contribution < -0.4 is 4.72 Å². The average Bonchev–Trinajstić information content (AvgIpc) is 2.52. The van der Waals surface area contributed by atoms with E-state index in [1.165, 1.54) is 12.1 Å². The van der Waals surface area contributed by atoms with Crippen LogP contribution in [0.1, 0.15) is 32.3 Å². The third-order valence-corrected chi connectivity index (χ3v) is 5.97. The molecule has 1 aliphatic heterocycles. The van der Waals surface area contributed by atoms with Crippen molar-refractivity contribution in [2.45, 2.75) is 43.8 Å². The minimum absolute atomic E-state index is 0.0645. The van der Waals surface area contributed by atoms with E-state index in [2.05, 4.69) is 16.5 Å². The first-order valence-electron chi connectivity index (χ1n) is 8.01. The van der Waals surface area contributed by atoms with E-state index in [1.54, 1.807) is 0 Å². The Morgan fingerprint density at radius 3 is 2.42 bits per heavy atom. The van der Waals surface area contributed by atoms with Crippen molar-refractivity contribution in [3.05, 3.63) is 29.8 Å². The summed E-state index contributed by atoms with van der Waals surface area (Å²) in [7, 11) is -4.22. The fourth-order valence-electron chi connectivity index (χ4n) is 2.84. The molecule has 136 valence electrons. The van der Waals surface area contributed by atoms with Crippen LogP contribution in [0.15, 0.2) is 29.2 Å². The Morgan fingerprint density at radius 1 is 1.25 bits per heavy atom. The van der Waals surface area contributed by atoms with E-state index in [-0.39, 0.29) is 12.6 Å². The number of rotatable bonds is 5. The minimum Gasteiger partial charge on any atom is -0.299 e. The van der Waals surface area contributed by atoms with E-state index in [0.29, 0.717) is 5.92 Å². The van der Waals surface area contributed by atoms with Gasteiger partial charge in [0.25, 0.3) is 0 Å². The highest BCUT2D eigenvalue weighted by atomic mass is 32.2. The number of hydrogen-bond donors (Lipinski definition) is 1. The fraction of sp³-hybridized carbons (Fsp3) is 0.625. The molecule has 1 heterocycles. The molecule has 0 bridgehead atoms. The number of sulfonamides is 1. The van der Waals surface area contributed by atoms with Gasteiger partial charge >= 0.3 is 6.18 Å². The summed E-state index contributed by atoms with van der Waals surface area (Å²) in [6, 6.07) is 4.17. The first kappa shape index (κ1) is 19.2. The molecule has 2 rings (SSSR count). The van der Waals surface area contributed by atoms with Crippen LogP contribution in [0.3, 0.4) is 0 Å². The number of piperidine rings is 1. The van der Waals surface area contributed by atoms with Crippen molar-refractivity contribution >= 4 is 10.0 Å². The van der Waals surface area contributed by atoms with Crippen LogP contribution in [-0.4, -0.2) is 39.0 Å². The molecule has 8 heteroatoms. The predicted molar refractivity (Wildman–Crippen MR) is 86.1 cm³/mol. The largest absolute Gasteiger partial charge is 0.417 e. The quantitative estimate of drug-likeness (QED) is 0.873. The molecule has 1 N–H and O–H groups in total. The molecule has 1 aliphatic rings. The summed E-state index contributed by atoms with van der Waals surface area (Å²) >= 11 is 0. The molecule has 0 spiro atoms. The van der Waals surface area contributed by atoms with Crippen molar-refractivity contribution in [2.75, 3.05) is 19.6 Å². The van der Waals surface area contributed by atoms with E-state index in [0.717, 1.165) is 38.1 Å². The second-order valence-corrected chi connectivity index (χ2v) is 8.15. The molecule has 0 aromatic heterocycles. The SMILES string of the molecule is CC1CCN(C(C)CNS(=O)(=O)c2ccccc2C(F)(F)F)CC1. The standard InChI is InChI=1S/C16H23F3N2O2S/c1-12-7-9-21(10-8-12)13(2)11-20-24(22,23)15-6-4-3-5-14(15)16(17,18)19/h3-6,12-13,20H,7-11H2,1-2H3. The molecule has 0 saturated carbocycles. The van der Waals surface area contributed by atoms with Gasteiger partial charge < -0.3 is 0 Å². The summed E-state index contributed by atoms with van der Waals surface area (Å²) < 4.78 is 66.0. The molecule has 0 radical (unpaired) electrons. The zero-order chi connectivity index (χ0) is 18.0. The number of alkyl halides is 3. The van der Waals surface area contributed by atoms with Crippen LogP contribution in [0.4, 0.5) is 13.2 Å². The van der Waals surface area contributed by atoms with Gasteiger partial charge in [-0.3, -0.25) is 4.90 Å². The van der Waals surface area contributed by atoms with E-state index in [9.17, 15) is 21.6 Å². The normalized spacial score (nSPS) is 19.4. The van der Waals surface area contributed by atoms with E-state index >= 15 is 0 Å². The minimum atomic E-state index is -4.71. The number of likely N-dealkylation sites (tertiary alicyclic amines) is 1. The fourth-order valence-corrected chi connectivity index (χ4v) is 4.19. The summed E-state index contributed by atoms with van der Waals surface area (Å²) in [4.78, 5) is 1.44. The smallest absolute Gasteiger partial charge is 0.299 e. The van der Waals surface area contributed by atoms with E-state index in [1.807, 2.05) is 6.92 Å². The van der Waals surface area contributed by atoms with E-state index in [4.69, 9.17) is 0 Å². The van der Waals surface area contributed by atoms with Gasteiger partial charge in [-0.05, 0) is 50.9 Å². The summed E-state index contributed by atoms with van der Waals surface area (Å²) in [6.45, 7) is 5.91. The van der Waals surface area contributed by atoms with Crippen molar-refractivity contribution in [3.8, 4) is 0 Å². The molecule has 24 heavy (non-hydrogen) atoms. The van der Waals surface area contributed by atoms with Gasteiger partial charge in [0.15, 0.2) is 0 Å². The Morgan fingerprint density at radius 2 is 1.83 bits per heavy atom. The highest BCUT2D eigenvalue weighted by Crippen LogP contribution is 2.33. The van der Waals surface area contributed by atoms with Crippen LogP contribution in [0.5, 0.6) is 0 Å². The molecule has 1 atom stereocenters. The highest BCUT2D eigenvalue weighted by molar-refractivity contribution is 7.89. The maximum Gasteiger partial charge on any atom is 0.417 e. The predicted octanol–water partition coefficient (Wildman–Crippen LogP) is 3.10. The third-order valence-electron chi connectivity index (χ3n) is 4.49. The van der Waals surface area contributed by atoms with Crippen LogP contribution in [0.25, 0.3) is 0 Å². The third kappa shape index (κ3) is 4.70. The summed E-state index contributed by atoms with van der Waals surface area (Å²) in [5.74, 6) is 0.656. The van der Waals surface area contributed by atoms with Crippen molar-refractivity contribution in [2.24, 2.45) is 5.92 Å². The van der Waals surface area contributed by atoms with Gasteiger partial charge in [-0.2, -0.15) is 13.2 Å². The lowest BCUT2D eigenvalue weighted by Crippen LogP contribution is -2.45. The van der Waals surface area contributed by atoms with E-state index < -0.39 is 26.7 Å². The Labute approximate surface area is 141 Å². The van der Waals surface area contributed by atoms with Gasteiger partial charge in [0, 0.05) is 12.6 Å². The van der Waals surface area contributed by atoms with Crippen molar-refractivity contribution < 1.29 is 21.6 Å². The van der Waals surface area contributed by atoms with Gasteiger partial charge in [0.05, 0.1) is 10.5 Å². The Kier molecular flexibility index (Phi) is 5.93. The molecule has 1 unspecified atom stereocenters. The first-order chi connectivity index (χ1) is 11.1. The van der Waals surface area contributed by atoms with Crippen LogP contribution in [-0.2, 0) is 16.2 Å². The lowest BCUT2D eigenvalue weighted by Gasteiger charge is -2.35. The molecular formula is C16H23F3N2O2S. The average molecular weight is 364 g/mol. The molecular weight excluding hydrogens is 341 g/mol. The van der Waals surface area contributed by atoms with Crippen molar-refractivity contribution in [3.63, 3.8) is 0 Å². The van der Waals surface area contributed by atoms with Gasteiger partial charge in [-0.15, -0.1) is 0 Å². The molecule has 1 fully saturated rings. The Bertz CT molecular complexity index is 654. The topological polar surface area (TPSA) is 49.4 Å². The second-order valence-electron chi connectivity index (χ2n) is 6.41. The number of benzene rings is 1. The van der Waals surface area contributed by atoms with Gasteiger partial charge in [0.1, 0.15) is 0 Å². The lowest BCUT2D eigenvalue weighted by molar-refractivity contribution is -0.139. The van der Waals surface area contributed by atoms with Crippen LogP contribution >= 0.6 is 0 Å². The van der Waals surface area contributed by atoms with Crippen molar-refractivity contribution in [1.29, 1.82) is 0 Å². The monoisotopic (exact) mass is 364 g/mol. The summed E-state index contributed by atoms with van der Waals surface area (Å²) in [6.07, 6.45) is -2.61. The number of halogens is 3. The second kappa shape index (κ2) is 7.41. The lowest BCUT2D eigenvalue weighted by atomic mass is 9.98. The number of hydrogen-bond acceptors (Lipinski definition) is 3. The summed E-state index contributed by atoms with van der Waals surface area (Å²) in [5, 5.41) is 0. The zero-order valence-electron chi connectivity index (χ0n) is 13.8. The first-order valence-corrected chi connectivity index (χ1v) is 9.49. The van der Waals surface area contributed by atoms with Crippen molar-refractivity contribution in [1.82, 2.24) is 9.62 Å². The summed E-state index contributed by atoms with van der Waals surface area (Å²) in [5.41, 5.74) is -1.14.